The van der Waals surface area contributed by atoms with E-state index in [2.05, 4.69) is 14.8 Å². The third kappa shape index (κ3) is 7.06. The summed E-state index contributed by atoms with van der Waals surface area (Å²) in [7, 11) is 1.42. The Hall–Kier alpha value is -3.74. The summed E-state index contributed by atoms with van der Waals surface area (Å²) >= 11 is 6.39. The average molecular weight is 581 g/mol. The second-order valence-electron chi connectivity index (χ2n) is 8.73. The standard InChI is InChI=1S/C27H25ClF4N4O4/c1-16-8-23(36-13-19(30)11-33-36)20-4-3-5-24(26(20)34-16)39-14-21-17(9-18(29)10-22(21)28)12-35(6-7-38-2)25(37)15-40-27(31)32/h3-5,8-11,13,27H,6-7,12,14-15H2,1-2H3. The van der Waals surface area contributed by atoms with Gasteiger partial charge in [-0.1, -0.05) is 23.7 Å². The van der Waals surface area contributed by atoms with Crippen molar-refractivity contribution >= 4 is 28.4 Å². The van der Waals surface area contributed by atoms with E-state index in [0.29, 0.717) is 39.2 Å². The van der Waals surface area contributed by atoms with Crippen LogP contribution in [-0.2, 0) is 27.4 Å². The number of para-hydroxylation sites is 1. The van der Waals surface area contributed by atoms with E-state index in [1.807, 2.05) is 0 Å². The number of nitrogens with zero attached hydrogens (tertiary/aromatic N) is 4. The molecule has 0 N–H and O–H groups in total. The van der Waals surface area contributed by atoms with E-state index >= 15 is 0 Å². The van der Waals surface area contributed by atoms with Crippen LogP contribution in [0.3, 0.4) is 0 Å². The molecule has 0 spiro atoms. The minimum absolute atomic E-state index is 0.0413. The molecule has 0 radical (unpaired) electrons. The first kappa shape index (κ1) is 29.2. The molecule has 0 bridgehead atoms. The minimum Gasteiger partial charge on any atom is -0.487 e. The number of hydrogen-bond donors (Lipinski definition) is 0. The quantitative estimate of drug-likeness (QED) is 0.207. The fraction of sp³-hybridized carbons (Fsp3) is 0.296. The van der Waals surface area contributed by atoms with Gasteiger partial charge >= 0.3 is 6.61 Å². The number of halogens is 5. The molecule has 0 saturated carbocycles. The molecule has 4 rings (SSSR count). The lowest BCUT2D eigenvalue weighted by Crippen LogP contribution is -2.36. The van der Waals surface area contributed by atoms with Crippen molar-refractivity contribution in [3.8, 4) is 11.4 Å². The SMILES string of the molecule is COCCN(Cc1cc(F)cc(Cl)c1COc1cccc2c(-n3cc(F)cn3)cc(C)nc12)C(=O)COC(F)F. The molecule has 2 aromatic heterocycles. The summed E-state index contributed by atoms with van der Waals surface area (Å²) in [5, 5.41) is 4.74. The lowest BCUT2D eigenvalue weighted by molar-refractivity contribution is -0.160. The van der Waals surface area contributed by atoms with Gasteiger partial charge in [0.2, 0.25) is 5.91 Å². The van der Waals surface area contributed by atoms with E-state index in [9.17, 15) is 22.4 Å². The zero-order chi connectivity index (χ0) is 28.8. The van der Waals surface area contributed by atoms with Crippen LogP contribution in [-0.4, -0.2) is 59.1 Å². The summed E-state index contributed by atoms with van der Waals surface area (Å²) in [4.78, 5) is 18.4. The Balaban J connectivity index is 1.64. The van der Waals surface area contributed by atoms with Gasteiger partial charge in [-0.15, -0.1) is 0 Å². The maximum absolute atomic E-state index is 14.4. The van der Waals surface area contributed by atoms with Gasteiger partial charge in [-0.3, -0.25) is 4.79 Å². The van der Waals surface area contributed by atoms with Crippen LogP contribution in [0.5, 0.6) is 5.75 Å². The van der Waals surface area contributed by atoms with Crippen LogP contribution in [0.15, 0.2) is 48.8 Å². The normalized spacial score (nSPS) is 11.4. The number of benzene rings is 2. The molecule has 40 heavy (non-hydrogen) atoms. The minimum atomic E-state index is -3.12. The number of methoxy groups -OCH3 is 1. The van der Waals surface area contributed by atoms with Crippen molar-refractivity contribution in [2.75, 3.05) is 26.9 Å². The molecule has 0 saturated heterocycles. The van der Waals surface area contributed by atoms with Crippen LogP contribution >= 0.6 is 11.6 Å². The molecule has 1 amide bonds. The van der Waals surface area contributed by atoms with E-state index in [0.717, 1.165) is 12.3 Å². The van der Waals surface area contributed by atoms with Gasteiger partial charge in [-0.25, -0.2) is 18.4 Å². The number of hydrogen-bond acceptors (Lipinski definition) is 6. The second kappa shape index (κ2) is 13.1. The molecular weight excluding hydrogens is 556 g/mol. The largest absolute Gasteiger partial charge is 0.487 e. The molecule has 0 fully saturated rings. The lowest BCUT2D eigenvalue weighted by Gasteiger charge is -2.24. The first-order chi connectivity index (χ1) is 19.2. The molecule has 0 aliphatic carbocycles. The molecule has 4 aromatic rings. The van der Waals surface area contributed by atoms with Crippen molar-refractivity contribution in [1.82, 2.24) is 19.7 Å². The molecular formula is C27H25ClF4N4O4. The third-order valence-corrected chi connectivity index (χ3v) is 6.28. The Labute approximate surface area is 232 Å². The Bertz CT molecular complexity index is 1500. The Morgan fingerprint density at radius 2 is 1.98 bits per heavy atom. The summed E-state index contributed by atoms with van der Waals surface area (Å²) in [6.07, 6.45) is 2.34. The van der Waals surface area contributed by atoms with Gasteiger partial charge < -0.3 is 19.1 Å². The van der Waals surface area contributed by atoms with Crippen molar-refractivity contribution in [1.29, 1.82) is 0 Å². The summed E-state index contributed by atoms with van der Waals surface area (Å²) in [6, 6.07) is 9.29. The number of alkyl halides is 2. The number of pyridine rings is 1. The number of ether oxygens (including phenoxy) is 3. The highest BCUT2D eigenvalue weighted by molar-refractivity contribution is 6.31. The van der Waals surface area contributed by atoms with E-state index < -0.39 is 30.8 Å². The van der Waals surface area contributed by atoms with Gasteiger partial charge in [-0.05, 0) is 36.8 Å². The predicted octanol–water partition coefficient (Wildman–Crippen LogP) is 5.45. The highest BCUT2D eigenvalue weighted by Crippen LogP contribution is 2.31. The first-order valence-electron chi connectivity index (χ1n) is 12.0. The second-order valence-corrected chi connectivity index (χ2v) is 9.14. The zero-order valence-electron chi connectivity index (χ0n) is 21.5. The summed E-state index contributed by atoms with van der Waals surface area (Å²) in [5.41, 5.74) is 2.40. The Morgan fingerprint density at radius 1 is 1.18 bits per heavy atom. The van der Waals surface area contributed by atoms with Gasteiger partial charge in [0.15, 0.2) is 5.82 Å². The van der Waals surface area contributed by atoms with E-state index in [1.165, 1.54) is 29.0 Å². The third-order valence-electron chi connectivity index (χ3n) is 5.94. The topological polar surface area (TPSA) is 78.7 Å². The maximum Gasteiger partial charge on any atom is 0.345 e. The van der Waals surface area contributed by atoms with Gasteiger partial charge in [-0.2, -0.15) is 13.9 Å². The molecule has 2 heterocycles. The fourth-order valence-corrected chi connectivity index (χ4v) is 4.38. The van der Waals surface area contributed by atoms with Crippen LogP contribution in [0.2, 0.25) is 5.02 Å². The van der Waals surface area contributed by atoms with Crippen LogP contribution in [0.1, 0.15) is 16.8 Å². The van der Waals surface area contributed by atoms with Gasteiger partial charge in [0, 0.05) is 36.8 Å². The van der Waals surface area contributed by atoms with E-state index in [-0.39, 0.29) is 31.3 Å². The molecule has 0 atom stereocenters. The fourth-order valence-electron chi connectivity index (χ4n) is 4.10. The maximum atomic E-state index is 14.4. The van der Waals surface area contributed by atoms with Crippen LogP contribution < -0.4 is 4.74 Å². The summed E-state index contributed by atoms with van der Waals surface area (Å²) in [6.45, 7) is -2.34. The van der Waals surface area contributed by atoms with Crippen LogP contribution in [0, 0.1) is 18.6 Å². The van der Waals surface area contributed by atoms with Crippen molar-refractivity contribution < 1.29 is 36.6 Å². The smallest absolute Gasteiger partial charge is 0.345 e. The van der Waals surface area contributed by atoms with Crippen molar-refractivity contribution in [3.05, 3.63) is 82.3 Å². The Morgan fingerprint density at radius 3 is 2.67 bits per heavy atom. The highest BCUT2D eigenvalue weighted by Gasteiger charge is 2.20. The van der Waals surface area contributed by atoms with Crippen molar-refractivity contribution in [2.24, 2.45) is 0 Å². The van der Waals surface area contributed by atoms with Crippen molar-refractivity contribution in [2.45, 2.75) is 26.7 Å². The summed E-state index contributed by atoms with van der Waals surface area (Å²) in [5.74, 6) is -1.50. The number of aromatic nitrogens is 3. The lowest BCUT2D eigenvalue weighted by atomic mass is 10.1. The van der Waals surface area contributed by atoms with Gasteiger partial charge in [0.1, 0.15) is 30.3 Å². The molecule has 8 nitrogen and oxygen atoms in total. The van der Waals surface area contributed by atoms with Gasteiger partial charge in [0.25, 0.3) is 0 Å². The molecule has 13 heteroatoms. The number of carbonyl (C=O) groups is 1. The monoisotopic (exact) mass is 580 g/mol. The number of carbonyl (C=O) groups excluding carboxylic acids is 1. The average Bonchev–Trinajstić information content (AvgIpc) is 3.34. The Kier molecular flexibility index (Phi) is 9.56. The zero-order valence-corrected chi connectivity index (χ0v) is 22.3. The molecule has 2 aromatic carbocycles. The van der Waals surface area contributed by atoms with Crippen LogP contribution in [0.25, 0.3) is 16.6 Å². The predicted molar refractivity (Wildman–Crippen MR) is 139 cm³/mol. The number of aryl methyl sites for hydroxylation is 1. The number of rotatable bonds is 12. The van der Waals surface area contributed by atoms with E-state index in [1.54, 1.807) is 31.2 Å². The molecule has 212 valence electrons. The molecule has 0 aliphatic heterocycles. The highest BCUT2D eigenvalue weighted by atomic mass is 35.5. The molecule has 0 unspecified atom stereocenters. The number of amides is 1. The van der Waals surface area contributed by atoms with Crippen molar-refractivity contribution in [3.63, 3.8) is 0 Å². The summed E-state index contributed by atoms with van der Waals surface area (Å²) < 4.78 is 69.7. The molecule has 0 aliphatic rings. The number of fused-ring (bicyclic) bond motifs is 1. The first-order valence-corrected chi connectivity index (χ1v) is 12.4. The van der Waals surface area contributed by atoms with Crippen LogP contribution in [0.4, 0.5) is 17.6 Å². The van der Waals surface area contributed by atoms with E-state index in [4.69, 9.17) is 21.1 Å². The van der Waals surface area contributed by atoms with Gasteiger partial charge in [0.05, 0.1) is 29.7 Å².